The van der Waals surface area contributed by atoms with Gasteiger partial charge in [-0.25, -0.2) is 4.79 Å². The van der Waals surface area contributed by atoms with Gasteiger partial charge in [-0.3, -0.25) is 0 Å². The highest BCUT2D eigenvalue weighted by Gasteiger charge is 2.16. The highest BCUT2D eigenvalue weighted by atomic mass is 35.5. The van der Waals surface area contributed by atoms with E-state index in [4.69, 9.17) is 33.6 Å². The number of hydrogen-bond acceptors (Lipinski definition) is 2. The third-order valence-corrected chi connectivity index (χ3v) is 2.23. The third kappa shape index (κ3) is 1.74. The number of carbonyl (C=O) groups is 1. The molecule has 5 heteroatoms. The molecule has 66 valence electrons. The van der Waals surface area contributed by atoms with Crippen LogP contribution in [-0.4, -0.2) is 11.1 Å². The molecule has 0 spiro atoms. The molecule has 0 amide bonds. The van der Waals surface area contributed by atoms with E-state index in [2.05, 4.69) is 0 Å². The molecule has 3 nitrogen and oxygen atoms in total. The van der Waals surface area contributed by atoms with Gasteiger partial charge in [0.2, 0.25) is 0 Å². The summed E-state index contributed by atoms with van der Waals surface area (Å²) in [5.74, 6) is -1.26. The van der Waals surface area contributed by atoms with Crippen LogP contribution in [0.25, 0.3) is 0 Å². The van der Waals surface area contributed by atoms with E-state index in [0.29, 0.717) is 0 Å². The standard InChI is InChI=1S/C8H3Cl2NO2/c9-5-2-1-4(3-11)6(7(5)10)8(12)13/h1-2H,(H,12,13). The van der Waals surface area contributed by atoms with Crippen molar-refractivity contribution in [3.63, 3.8) is 0 Å². The van der Waals surface area contributed by atoms with Crippen molar-refractivity contribution in [2.75, 3.05) is 0 Å². The fourth-order valence-corrected chi connectivity index (χ4v) is 1.26. The lowest BCUT2D eigenvalue weighted by atomic mass is 10.1. The van der Waals surface area contributed by atoms with Gasteiger partial charge in [-0.15, -0.1) is 0 Å². The number of aromatic carboxylic acids is 1. The summed E-state index contributed by atoms with van der Waals surface area (Å²) in [6.45, 7) is 0. The number of nitriles is 1. The summed E-state index contributed by atoms with van der Waals surface area (Å²) in [6.07, 6.45) is 0. The van der Waals surface area contributed by atoms with Crippen molar-refractivity contribution in [3.05, 3.63) is 33.3 Å². The Balaban J connectivity index is 3.53. The first kappa shape index (κ1) is 9.85. The fraction of sp³-hybridized carbons (Fsp3) is 0. The van der Waals surface area contributed by atoms with Gasteiger partial charge in [-0.05, 0) is 12.1 Å². The number of benzene rings is 1. The number of hydrogen-bond donors (Lipinski definition) is 1. The van der Waals surface area contributed by atoms with Crippen LogP contribution < -0.4 is 0 Å². The maximum Gasteiger partial charge on any atom is 0.338 e. The topological polar surface area (TPSA) is 61.1 Å². The maximum atomic E-state index is 10.7. The van der Waals surface area contributed by atoms with Gasteiger partial charge in [0.1, 0.15) is 6.07 Å². The summed E-state index contributed by atoms with van der Waals surface area (Å²) >= 11 is 11.2. The molecule has 0 saturated heterocycles. The predicted molar refractivity (Wildman–Crippen MR) is 48.1 cm³/mol. The van der Waals surface area contributed by atoms with Crippen LogP contribution in [0, 0.1) is 11.3 Å². The zero-order valence-electron chi connectivity index (χ0n) is 6.21. The Morgan fingerprint density at radius 3 is 2.54 bits per heavy atom. The molecular weight excluding hydrogens is 213 g/mol. The van der Waals surface area contributed by atoms with Crippen LogP contribution in [-0.2, 0) is 0 Å². The molecule has 0 radical (unpaired) electrons. The van der Waals surface area contributed by atoms with Crippen molar-refractivity contribution in [2.45, 2.75) is 0 Å². The van der Waals surface area contributed by atoms with E-state index in [9.17, 15) is 4.79 Å². The van der Waals surface area contributed by atoms with E-state index in [-0.39, 0.29) is 21.2 Å². The second-order valence-corrected chi connectivity index (χ2v) is 2.99. The van der Waals surface area contributed by atoms with Crippen LogP contribution in [0.4, 0.5) is 0 Å². The van der Waals surface area contributed by atoms with Gasteiger partial charge in [0.05, 0.1) is 21.2 Å². The van der Waals surface area contributed by atoms with E-state index in [0.717, 1.165) is 0 Å². The Morgan fingerprint density at radius 2 is 2.08 bits per heavy atom. The first-order chi connectivity index (χ1) is 6.07. The quantitative estimate of drug-likeness (QED) is 0.784. The lowest BCUT2D eigenvalue weighted by Gasteiger charge is -2.02. The van der Waals surface area contributed by atoms with Crippen molar-refractivity contribution >= 4 is 29.2 Å². The van der Waals surface area contributed by atoms with Gasteiger partial charge >= 0.3 is 5.97 Å². The Hall–Kier alpha value is -1.24. The molecule has 0 fully saturated rings. The Kier molecular flexibility index (Phi) is 2.76. The lowest BCUT2D eigenvalue weighted by Crippen LogP contribution is -2.01. The van der Waals surface area contributed by atoms with Crippen LogP contribution in [0.15, 0.2) is 12.1 Å². The molecule has 0 heterocycles. The molecule has 0 aliphatic heterocycles. The fourth-order valence-electron chi connectivity index (χ4n) is 0.853. The summed E-state index contributed by atoms with van der Waals surface area (Å²) in [6, 6.07) is 4.42. The minimum absolute atomic E-state index is 0.00176. The van der Waals surface area contributed by atoms with Crippen LogP contribution >= 0.6 is 23.2 Å². The second-order valence-electron chi connectivity index (χ2n) is 2.20. The van der Waals surface area contributed by atoms with Crippen LogP contribution in [0.3, 0.4) is 0 Å². The van der Waals surface area contributed by atoms with Crippen LogP contribution in [0.5, 0.6) is 0 Å². The van der Waals surface area contributed by atoms with Crippen molar-refractivity contribution in [3.8, 4) is 6.07 Å². The maximum absolute atomic E-state index is 10.7. The van der Waals surface area contributed by atoms with Gasteiger partial charge in [-0.2, -0.15) is 5.26 Å². The summed E-state index contributed by atoms with van der Waals surface area (Å²) in [5, 5.41) is 17.3. The zero-order valence-corrected chi connectivity index (χ0v) is 7.73. The first-order valence-corrected chi connectivity index (χ1v) is 3.95. The van der Waals surface area contributed by atoms with Gasteiger partial charge < -0.3 is 5.11 Å². The molecule has 1 aromatic rings. The zero-order chi connectivity index (χ0) is 10.0. The highest BCUT2D eigenvalue weighted by Crippen LogP contribution is 2.28. The Labute approximate surface area is 84.1 Å². The van der Waals surface area contributed by atoms with E-state index < -0.39 is 5.97 Å². The van der Waals surface area contributed by atoms with E-state index in [1.807, 2.05) is 0 Å². The first-order valence-electron chi connectivity index (χ1n) is 3.19. The Bertz CT molecular complexity index is 409. The lowest BCUT2D eigenvalue weighted by molar-refractivity contribution is 0.0697. The monoisotopic (exact) mass is 215 g/mol. The van der Waals surface area contributed by atoms with Crippen LogP contribution in [0.1, 0.15) is 15.9 Å². The number of rotatable bonds is 1. The molecular formula is C8H3Cl2NO2. The summed E-state index contributed by atoms with van der Waals surface area (Å²) in [7, 11) is 0. The largest absolute Gasteiger partial charge is 0.478 e. The molecule has 0 aliphatic rings. The molecule has 0 bridgehead atoms. The van der Waals surface area contributed by atoms with E-state index in [1.54, 1.807) is 6.07 Å². The van der Waals surface area contributed by atoms with Gasteiger partial charge in [0.15, 0.2) is 0 Å². The number of carboxylic acid groups (broad SMARTS) is 1. The van der Waals surface area contributed by atoms with Crippen molar-refractivity contribution < 1.29 is 9.90 Å². The number of halogens is 2. The van der Waals surface area contributed by atoms with E-state index in [1.165, 1.54) is 12.1 Å². The third-order valence-electron chi connectivity index (χ3n) is 1.43. The van der Waals surface area contributed by atoms with Crippen molar-refractivity contribution in [2.24, 2.45) is 0 Å². The summed E-state index contributed by atoms with van der Waals surface area (Å²) in [4.78, 5) is 10.7. The average molecular weight is 216 g/mol. The molecule has 1 aromatic carbocycles. The molecule has 0 aromatic heterocycles. The molecule has 1 rings (SSSR count). The minimum Gasteiger partial charge on any atom is -0.478 e. The molecule has 0 aliphatic carbocycles. The van der Waals surface area contributed by atoms with Crippen molar-refractivity contribution in [1.82, 2.24) is 0 Å². The second kappa shape index (κ2) is 3.65. The van der Waals surface area contributed by atoms with Gasteiger partial charge in [0.25, 0.3) is 0 Å². The predicted octanol–water partition coefficient (Wildman–Crippen LogP) is 2.56. The molecule has 1 N–H and O–H groups in total. The van der Waals surface area contributed by atoms with Gasteiger partial charge in [0, 0.05) is 0 Å². The SMILES string of the molecule is N#Cc1ccc(Cl)c(Cl)c1C(=O)O. The highest BCUT2D eigenvalue weighted by molar-refractivity contribution is 6.43. The molecule has 0 saturated carbocycles. The van der Waals surface area contributed by atoms with Crippen LogP contribution in [0.2, 0.25) is 10.0 Å². The minimum atomic E-state index is -1.26. The van der Waals surface area contributed by atoms with Crippen molar-refractivity contribution in [1.29, 1.82) is 5.26 Å². The van der Waals surface area contributed by atoms with E-state index >= 15 is 0 Å². The smallest absolute Gasteiger partial charge is 0.338 e. The summed E-state index contributed by atoms with van der Waals surface area (Å²) < 4.78 is 0. The number of nitrogens with zero attached hydrogens (tertiary/aromatic N) is 1. The molecule has 13 heavy (non-hydrogen) atoms. The average Bonchev–Trinajstić information content (AvgIpc) is 2.08. The Morgan fingerprint density at radius 1 is 1.46 bits per heavy atom. The normalized spacial score (nSPS) is 9.31. The summed E-state index contributed by atoms with van der Waals surface area (Å²) in [5.41, 5.74) is -0.251. The molecule has 0 atom stereocenters. The molecule has 0 unspecified atom stereocenters. The van der Waals surface area contributed by atoms with Gasteiger partial charge in [-0.1, -0.05) is 23.2 Å². The number of carboxylic acids is 1.